The summed E-state index contributed by atoms with van der Waals surface area (Å²) in [5, 5.41) is 7.41. The highest BCUT2D eigenvalue weighted by atomic mass is 16.1. The van der Waals surface area contributed by atoms with Crippen molar-refractivity contribution in [2.75, 3.05) is 0 Å². The van der Waals surface area contributed by atoms with Crippen molar-refractivity contribution in [3.8, 4) is 0 Å². The van der Waals surface area contributed by atoms with Crippen LogP contribution in [0.5, 0.6) is 0 Å². The Morgan fingerprint density at radius 3 is 2.77 bits per heavy atom. The van der Waals surface area contributed by atoms with Crippen molar-refractivity contribution in [3.05, 3.63) is 23.0 Å². The molecular weight excluding hydrogens is 322 g/mol. The topological polar surface area (TPSA) is 71.8 Å². The average molecular weight is 354 g/mol. The number of aromatic amines is 1. The monoisotopic (exact) mass is 353 g/mol. The van der Waals surface area contributed by atoms with E-state index in [0.29, 0.717) is 17.8 Å². The average Bonchev–Trinajstić information content (AvgIpc) is 3.13. The largest absolute Gasteiger partial charge is 0.369 e. The molecule has 6 unspecified atom stereocenters. The zero-order valence-electron chi connectivity index (χ0n) is 16.2. The lowest BCUT2D eigenvalue weighted by atomic mass is 9.54. The minimum absolute atomic E-state index is 0.00344. The van der Waals surface area contributed by atoms with Gasteiger partial charge >= 0.3 is 0 Å². The lowest BCUT2D eigenvalue weighted by Gasteiger charge is -2.50. The highest BCUT2D eigenvalue weighted by molar-refractivity contribution is 5.82. The summed E-state index contributed by atoms with van der Waals surface area (Å²) in [4.78, 5) is 12.5. The van der Waals surface area contributed by atoms with Crippen LogP contribution >= 0.6 is 0 Å². The Kier molecular flexibility index (Phi) is 3.34. The number of fused-ring (bicyclic) bond motifs is 6. The van der Waals surface area contributed by atoms with E-state index in [1.165, 1.54) is 30.5 Å². The minimum atomic E-state index is -0.358. The lowest BCUT2D eigenvalue weighted by Crippen LogP contribution is -2.49. The number of aromatic nitrogens is 2. The molecule has 3 saturated carbocycles. The summed E-state index contributed by atoms with van der Waals surface area (Å²) in [7, 11) is 0. The van der Waals surface area contributed by atoms with E-state index in [1.54, 1.807) is 5.57 Å². The summed E-state index contributed by atoms with van der Waals surface area (Å²) in [6, 6.07) is 0. The molecule has 1 aromatic rings. The Balaban J connectivity index is 1.48. The Morgan fingerprint density at radius 2 is 2.00 bits per heavy atom. The predicted octanol–water partition coefficient (Wildman–Crippen LogP) is 3.94. The molecule has 3 N–H and O–H groups in total. The summed E-state index contributed by atoms with van der Waals surface area (Å²) in [5.41, 5.74) is 9.87. The van der Waals surface area contributed by atoms with Crippen molar-refractivity contribution in [1.29, 1.82) is 0 Å². The van der Waals surface area contributed by atoms with Crippen molar-refractivity contribution < 1.29 is 4.79 Å². The number of H-pyrrole nitrogens is 1. The van der Waals surface area contributed by atoms with E-state index in [4.69, 9.17) is 5.73 Å². The Bertz CT molecular complexity index is 791. The maximum atomic E-state index is 12.5. The van der Waals surface area contributed by atoms with Crippen LogP contribution in [0.1, 0.15) is 64.1 Å². The fraction of sp³-hybridized carbons (Fsp3) is 0.727. The molecule has 4 aliphatic carbocycles. The molecule has 0 aliphatic heterocycles. The number of carbonyl (C=O) groups excluding carboxylic acids is 1. The lowest BCUT2D eigenvalue weighted by molar-refractivity contribution is -0.136. The predicted molar refractivity (Wildman–Crippen MR) is 102 cm³/mol. The van der Waals surface area contributed by atoms with Crippen LogP contribution in [-0.4, -0.2) is 16.1 Å². The molecule has 0 saturated heterocycles. The molecule has 3 fully saturated rings. The summed E-state index contributed by atoms with van der Waals surface area (Å²) in [6.45, 7) is 6.71. The van der Waals surface area contributed by atoms with Crippen LogP contribution in [0.4, 0.5) is 0 Å². The molecule has 5 rings (SSSR count). The van der Waals surface area contributed by atoms with E-state index in [1.807, 2.05) is 6.20 Å². The summed E-state index contributed by atoms with van der Waals surface area (Å²) >= 11 is 0. The van der Waals surface area contributed by atoms with Gasteiger partial charge in [-0.1, -0.05) is 19.4 Å². The SMILES string of the molecule is CC1(C)CC2C3CCC4=Cc5[nH]ncc5CC4C3CCC2C1(C)C(N)=O. The number of nitrogens with zero attached hydrogens (tertiary/aromatic N) is 1. The van der Waals surface area contributed by atoms with Crippen LogP contribution < -0.4 is 5.73 Å². The van der Waals surface area contributed by atoms with Crippen LogP contribution in [0.3, 0.4) is 0 Å². The smallest absolute Gasteiger partial charge is 0.224 e. The third-order valence-electron chi connectivity index (χ3n) is 9.11. The van der Waals surface area contributed by atoms with Crippen molar-refractivity contribution in [2.24, 2.45) is 46.2 Å². The minimum Gasteiger partial charge on any atom is -0.369 e. The first-order valence-electron chi connectivity index (χ1n) is 10.4. The summed E-state index contributed by atoms with van der Waals surface area (Å²) in [5.74, 6) is 3.26. The molecular formula is C22H31N3O. The molecule has 0 radical (unpaired) electrons. The Morgan fingerprint density at radius 1 is 1.19 bits per heavy atom. The molecule has 6 atom stereocenters. The number of rotatable bonds is 1. The first-order chi connectivity index (χ1) is 12.3. The molecule has 1 aromatic heterocycles. The van der Waals surface area contributed by atoms with Gasteiger partial charge in [-0.25, -0.2) is 0 Å². The quantitative estimate of drug-likeness (QED) is 0.803. The van der Waals surface area contributed by atoms with Crippen LogP contribution in [0, 0.1) is 40.4 Å². The number of primary amides is 1. The molecule has 1 heterocycles. The summed E-state index contributed by atoms with van der Waals surface area (Å²) in [6.07, 6.45) is 11.6. The van der Waals surface area contributed by atoms with Crippen molar-refractivity contribution in [2.45, 2.75) is 59.3 Å². The first-order valence-corrected chi connectivity index (χ1v) is 10.4. The van der Waals surface area contributed by atoms with Crippen LogP contribution in [0.2, 0.25) is 0 Å². The number of allylic oxidation sites excluding steroid dienone is 1. The molecule has 4 aliphatic rings. The van der Waals surface area contributed by atoms with Crippen molar-refractivity contribution in [3.63, 3.8) is 0 Å². The van der Waals surface area contributed by atoms with Gasteiger partial charge in [0.05, 0.1) is 17.3 Å². The molecule has 0 aromatic carbocycles. The van der Waals surface area contributed by atoms with Gasteiger partial charge in [0.1, 0.15) is 0 Å². The van der Waals surface area contributed by atoms with Crippen molar-refractivity contribution in [1.82, 2.24) is 10.2 Å². The third-order valence-corrected chi connectivity index (χ3v) is 9.11. The van der Waals surface area contributed by atoms with Gasteiger partial charge in [-0.15, -0.1) is 0 Å². The number of hydrogen-bond donors (Lipinski definition) is 2. The van der Waals surface area contributed by atoms with Gasteiger partial charge in [0, 0.05) is 0 Å². The third kappa shape index (κ3) is 1.96. The molecule has 1 amide bonds. The molecule has 0 bridgehead atoms. The van der Waals surface area contributed by atoms with Gasteiger partial charge in [-0.2, -0.15) is 5.10 Å². The van der Waals surface area contributed by atoms with E-state index >= 15 is 0 Å². The van der Waals surface area contributed by atoms with E-state index in [9.17, 15) is 4.79 Å². The molecule has 26 heavy (non-hydrogen) atoms. The number of amides is 1. The fourth-order valence-electron chi connectivity index (χ4n) is 7.46. The van der Waals surface area contributed by atoms with Gasteiger partial charge in [-0.05, 0) is 92.1 Å². The number of nitrogens with two attached hydrogens (primary N) is 1. The zero-order valence-corrected chi connectivity index (χ0v) is 16.2. The molecule has 4 nitrogen and oxygen atoms in total. The van der Waals surface area contributed by atoms with Gasteiger partial charge in [0.2, 0.25) is 5.91 Å². The fourth-order valence-corrected chi connectivity index (χ4v) is 7.46. The van der Waals surface area contributed by atoms with E-state index in [2.05, 4.69) is 37.0 Å². The second-order valence-corrected chi connectivity index (χ2v) is 10.2. The molecule has 140 valence electrons. The maximum Gasteiger partial charge on any atom is 0.224 e. The zero-order chi connectivity index (χ0) is 18.3. The van der Waals surface area contributed by atoms with Crippen molar-refractivity contribution >= 4 is 12.0 Å². The molecule has 0 spiro atoms. The van der Waals surface area contributed by atoms with E-state index < -0.39 is 0 Å². The molecule has 4 heteroatoms. The standard InChI is InChI=1S/C22H31N3O/c1-21(2)10-17-15-5-4-12-9-19-13(11-24-25-19)8-16(12)14(15)6-7-18(17)22(21,3)20(23)26/h9,11,14-18H,4-8,10H2,1-3H3,(H2,23,26)(H,24,25). The van der Waals surface area contributed by atoms with E-state index in [0.717, 1.165) is 31.1 Å². The number of hydrogen-bond acceptors (Lipinski definition) is 2. The van der Waals surface area contributed by atoms with Gasteiger partial charge < -0.3 is 5.73 Å². The Labute approximate surface area is 156 Å². The van der Waals surface area contributed by atoms with Gasteiger partial charge in [0.25, 0.3) is 0 Å². The van der Waals surface area contributed by atoms with E-state index in [-0.39, 0.29) is 16.7 Å². The highest BCUT2D eigenvalue weighted by Crippen LogP contribution is 2.67. The van der Waals surface area contributed by atoms with Crippen LogP contribution in [-0.2, 0) is 11.2 Å². The maximum absolute atomic E-state index is 12.5. The number of nitrogens with one attached hydrogen (secondary N) is 1. The summed E-state index contributed by atoms with van der Waals surface area (Å²) < 4.78 is 0. The van der Waals surface area contributed by atoms with Crippen LogP contribution in [0.15, 0.2) is 11.8 Å². The Hall–Kier alpha value is -1.58. The normalized spacial score (nSPS) is 42.9. The second-order valence-electron chi connectivity index (χ2n) is 10.2. The second kappa shape index (κ2) is 5.24. The highest BCUT2D eigenvalue weighted by Gasteiger charge is 2.63. The first kappa shape index (κ1) is 16.6. The number of carbonyl (C=O) groups is 1. The van der Waals surface area contributed by atoms with Gasteiger partial charge in [-0.3, -0.25) is 9.89 Å². The van der Waals surface area contributed by atoms with Crippen LogP contribution in [0.25, 0.3) is 6.08 Å². The van der Waals surface area contributed by atoms with Gasteiger partial charge in [0.15, 0.2) is 0 Å².